The Bertz CT molecular complexity index is 420. The zero-order chi connectivity index (χ0) is 18.1. The average molecular weight is 337 g/mol. The summed E-state index contributed by atoms with van der Waals surface area (Å²) in [5.41, 5.74) is -0.480. The van der Waals surface area contributed by atoms with E-state index in [1.807, 2.05) is 0 Å². The first-order chi connectivity index (χ1) is 11.0. The minimum Gasteiger partial charge on any atom is -0.462 e. The number of esters is 1. The van der Waals surface area contributed by atoms with Gasteiger partial charge in [-0.05, 0) is 74.5 Å². The lowest BCUT2D eigenvalue weighted by atomic mass is 9.63. The van der Waals surface area contributed by atoms with Gasteiger partial charge in [-0.3, -0.25) is 4.79 Å². The minimum atomic E-state index is -0.403. The molecule has 0 aromatic rings. The van der Waals surface area contributed by atoms with Gasteiger partial charge in [0.05, 0.1) is 5.41 Å². The van der Waals surface area contributed by atoms with Crippen molar-refractivity contribution in [2.75, 3.05) is 0 Å². The van der Waals surface area contributed by atoms with Crippen LogP contribution in [0.2, 0.25) is 0 Å². The van der Waals surface area contributed by atoms with Crippen molar-refractivity contribution in [2.45, 2.75) is 99.5 Å². The van der Waals surface area contributed by atoms with Gasteiger partial charge >= 0.3 is 5.97 Å². The molecular formula is C22H40O2. The fourth-order valence-corrected chi connectivity index (χ4v) is 5.15. The van der Waals surface area contributed by atoms with Crippen LogP contribution in [0.15, 0.2) is 0 Å². The molecule has 3 atom stereocenters. The van der Waals surface area contributed by atoms with Gasteiger partial charge in [-0.2, -0.15) is 0 Å². The van der Waals surface area contributed by atoms with Gasteiger partial charge in [0.1, 0.15) is 6.10 Å². The number of carbonyl (C=O) groups is 1. The van der Waals surface area contributed by atoms with E-state index in [0.717, 1.165) is 37.0 Å². The Morgan fingerprint density at radius 2 is 1.54 bits per heavy atom. The molecule has 0 amide bonds. The van der Waals surface area contributed by atoms with E-state index in [2.05, 4.69) is 48.5 Å². The third kappa shape index (κ3) is 4.35. The Kier molecular flexibility index (Phi) is 6.08. The molecule has 2 bridgehead atoms. The van der Waals surface area contributed by atoms with Gasteiger partial charge in [-0.1, -0.05) is 48.0 Å². The van der Waals surface area contributed by atoms with E-state index in [9.17, 15) is 4.79 Å². The molecule has 0 aliphatic heterocycles. The van der Waals surface area contributed by atoms with Gasteiger partial charge in [-0.15, -0.1) is 0 Å². The second kappa shape index (κ2) is 7.38. The van der Waals surface area contributed by atoms with Crippen LogP contribution < -0.4 is 0 Å². The number of fused-ring (bicyclic) bond motifs is 2. The standard InChI is InChI=1S/C22H40O2/c1-8-16-9-17-11-18(10-16)13-19(12-17)24-20(23)22(7,14-15(2)3)21(4,5)6/h15-19H,8-14H2,1-7H3. The van der Waals surface area contributed by atoms with Gasteiger partial charge in [-0.25, -0.2) is 0 Å². The molecule has 0 saturated heterocycles. The maximum Gasteiger partial charge on any atom is 0.312 e. The van der Waals surface area contributed by atoms with Crippen LogP contribution in [0.25, 0.3) is 0 Å². The topological polar surface area (TPSA) is 26.3 Å². The van der Waals surface area contributed by atoms with Crippen molar-refractivity contribution in [1.29, 1.82) is 0 Å². The van der Waals surface area contributed by atoms with Crippen LogP contribution in [-0.2, 0) is 9.53 Å². The monoisotopic (exact) mass is 336 g/mol. The van der Waals surface area contributed by atoms with Crippen molar-refractivity contribution < 1.29 is 9.53 Å². The summed E-state index contributed by atoms with van der Waals surface area (Å²) >= 11 is 0. The molecule has 0 heterocycles. The summed E-state index contributed by atoms with van der Waals surface area (Å²) in [5.74, 6) is 3.02. The largest absolute Gasteiger partial charge is 0.462 e. The van der Waals surface area contributed by atoms with Crippen LogP contribution in [0.1, 0.15) is 93.4 Å². The lowest BCUT2D eigenvalue weighted by Crippen LogP contribution is -2.45. The van der Waals surface area contributed by atoms with Crippen molar-refractivity contribution in [3.63, 3.8) is 0 Å². The van der Waals surface area contributed by atoms with E-state index in [1.54, 1.807) is 0 Å². The second-order valence-corrected chi connectivity index (χ2v) is 10.4. The van der Waals surface area contributed by atoms with Gasteiger partial charge in [0.25, 0.3) is 0 Å². The molecule has 2 heteroatoms. The average Bonchev–Trinajstić information content (AvgIpc) is 2.44. The third-order valence-electron chi connectivity index (χ3n) is 6.97. The Morgan fingerprint density at radius 1 is 1.00 bits per heavy atom. The number of rotatable bonds is 5. The predicted octanol–water partition coefficient (Wildman–Crippen LogP) is 6.23. The lowest BCUT2D eigenvalue weighted by Gasteiger charge is -2.45. The molecule has 2 aliphatic rings. The molecule has 2 aliphatic carbocycles. The summed E-state index contributed by atoms with van der Waals surface area (Å²) in [4.78, 5) is 13.1. The predicted molar refractivity (Wildman–Crippen MR) is 101 cm³/mol. The first-order valence-electron chi connectivity index (χ1n) is 10.3. The molecule has 0 aromatic heterocycles. The lowest BCUT2D eigenvalue weighted by molar-refractivity contribution is -0.173. The number of hydrogen-bond acceptors (Lipinski definition) is 2. The zero-order valence-electron chi connectivity index (χ0n) is 17.2. The van der Waals surface area contributed by atoms with Crippen molar-refractivity contribution in [1.82, 2.24) is 0 Å². The first-order valence-corrected chi connectivity index (χ1v) is 10.3. The Labute approximate surface area is 150 Å². The highest BCUT2D eigenvalue weighted by Crippen LogP contribution is 2.47. The fraction of sp³-hybridized carbons (Fsp3) is 0.955. The Hall–Kier alpha value is -0.530. The van der Waals surface area contributed by atoms with E-state index in [1.165, 1.54) is 25.7 Å². The van der Waals surface area contributed by atoms with Gasteiger partial charge in [0, 0.05) is 0 Å². The van der Waals surface area contributed by atoms with Crippen LogP contribution in [0.3, 0.4) is 0 Å². The van der Waals surface area contributed by atoms with Crippen LogP contribution >= 0.6 is 0 Å². The van der Waals surface area contributed by atoms with Crippen LogP contribution in [0.5, 0.6) is 0 Å². The van der Waals surface area contributed by atoms with Gasteiger partial charge in [0.15, 0.2) is 0 Å². The molecule has 2 rings (SSSR count). The molecular weight excluding hydrogens is 296 g/mol. The highest BCUT2D eigenvalue weighted by molar-refractivity contribution is 5.77. The van der Waals surface area contributed by atoms with Crippen LogP contribution in [-0.4, -0.2) is 12.1 Å². The third-order valence-corrected chi connectivity index (χ3v) is 6.97. The summed E-state index contributed by atoms with van der Waals surface area (Å²) in [5, 5.41) is 0. The van der Waals surface area contributed by atoms with E-state index in [4.69, 9.17) is 4.74 Å². The smallest absolute Gasteiger partial charge is 0.312 e. The molecule has 0 N–H and O–H groups in total. The normalized spacial score (nSPS) is 33.2. The molecule has 24 heavy (non-hydrogen) atoms. The fourth-order valence-electron chi connectivity index (χ4n) is 5.15. The van der Waals surface area contributed by atoms with Gasteiger partial charge in [0.2, 0.25) is 0 Å². The summed E-state index contributed by atoms with van der Waals surface area (Å²) in [6, 6.07) is 0. The van der Waals surface area contributed by atoms with Crippen LogP contribution in [0, 0.1) is 34.5 Å². The zero-order valence-corrected chi connectivity index (χ0v) is 17.2. The number of hydrogen-bond donors (Lipinski definition) is 0. The van der Waals surface area contributed by atoms with Crippen molar-refractivity contribution in [3.8, 4) is 0 Å². The molecule has 0 radical (unpaired) electrons. The van der Waals surface area contributed by atoms with Crippen LogP contribution in [0.4, 0.5) is 0 Å². The molecule has 140 valence electrons. The molecule has 3 unspecified atom stereocenters. The SMILES string of the molecule is CCC1CC2CC(C1)CC(OC(=O)C(C)(CC(C)C)C(C)(C)C)C2. The molecule has 2 nitrogen and oxygen atoms in total. The van der Waals surface area contributed by atoms with Crippen molar-refractivity contribution >= 4 is 5.97 Å². The molecule has 0 aromatic carbocycles. The second-order valence-electron chi connectivity index (χ2n) is 10.4. The van der Waals surface area contributed by atoms with E-state index < -0.39 is 5.41 Å². The van der Waals surface area contributed by atoms with Crippen molar-refractivity contribution in [3.05, 3.63) is 0 Å². The van der Waals surface area contributed by atoms with Crippen molar-refractivity contribution in [2.24, 2.45) is 34.5 Å². The molecule has 0 spiro atoms. The summed E-state index contributed by atoms with van der Waals surface area (Å²) in [6.07, 6.45) is 8.63. The summed E-state index contributed by atoms with van der Waals surface area (Å²) in [7, 11) is 0. The minimum absolute atomic E-state index is 0.0423. The maximum atomic E-state index is 13.1. The van der Waals surface area contributed by atoms with E-state index in [0.29, 0.717) is 5.92 Å². The Balaban J connectivity index is 2.03. The van der Waals surface area contributed by atoms with E-state index >= 15 is 0 Å². The number of ether oxygens (including phenoxy) is 1. The summed E-state index contributed by atoms with van der Waals surface area (Å²) in [6.45, 7) is 15.4. The highest BCUT2D eigenvalue weighted by atomic mass is 16.5. The summed E-state index contributed by atoms with van der Waals surface area (Å²) < 4.78 is 6.15. The number of carbonyl (C=O) groups excluding carboxylic acids is 1. The molecule has 2 fully saturated rings. The maximum absolute atomic E-state index is 13.1. The van der Waals surface area contributed by atoms with Gasteiger partial charge < -0.3 is 4.74 Å². The Morgan fingerprint density at radius 3 is 1.96 bits per heavy atom. The highest BCUT2D eigenvalue weighted by Gasteiger charge is 2.47. The van der Waals surface area contributed by atoms with E-state index in [-0.39, 0.29) is 17.5 Å². The first kappa shape index (κ1) is 19.8. The molecule has 2 saturated carbocycles. The quantitative estimate of drug-likeness (QED) is 0.556.